The van der Waals surface area contributed by atoms with Crippen LogP contribution in [0.2, 0.25) is 0 Å². The van der Waals surface area contributed by atoms with E-state index in [0.717, 1.165) is 21.1 Å². The predicted molar refractivity (Wildman–Crippen MR) is 99.7 cm³/mol. The van der Waals surface area contributed by atoms with Gasteiger partial charge in [0.25, 0.3) is 5.91 Å². The maximum Gasteiger partial charge on any atom is 0.264 e. The van der Waals surface area contributed by atoms with E-state index in [9.17, 15) is 9.59 Å². The third-order valence-electron chi connectivity index (χ3n) is 4.85. The van der Waals surface area contributed by atoms with Crippen LogP contribution in [-0.4, -0.2) is 34.8 Å². The van der Waals surface area contributed by atoms with Crippen molar-refractivity contribution in [2.45, 2.75) is 19.8 Å². The van der Waals surface area contributed by atoms with E-state index in [4.69, 9.17) is 10.7 Å². The van der Waals surface area contributed by atoms with E-state index < -0.39 is 0 Å². The Hall–Kier alpha value is -2.47. The Morgan fingerprint density at radius 3 is 2.64 bits per heavy atom. The Morgan fingerprint density at radius 2 is 1.92 bits per heavy atom. The molecule has 2 amide bonds. The number of thiophene rings is 1. The van der Waals surface area contributed by atoms with Crippen molar-refractivity contribution >= 4 is 44.3 Å². The number of carbonyl (C=O) groups is 2. The molecular formula is C19H19N3O2S. The van der Waals surface area contributed by atoms with Crippen LogP contribution in [0.1, 0.15) is 28.1 Å². The molecule has 0 bridgehead atoms. The van der Waals surface area contributed by atoms with E-state index in [1.807, 2.05) is 17.9 Å². The lowest BCUT2D eigenvalue weighted by molar-refractivity contribution is -0.123. The lowest BCUT2D eigenvalue weighted by Gasteiger charge is -2.30. The first-order valence-corrected chi connectivity index (χ1v) is 9.22. The highest BCUT2D eigenvalue weighted by atomic mass is 32.1. The average Bonchev–Trinajstić information content (AvgIpc) is 3.02. The molecule has 0 aliphatic carbocycles. The Bertz CT molecular complexity index is 987. The minimum absolute atomic E-state index is 0.0196. The van der Waals surface area contributed by atoms with Gasteiger partial charge in [0.2, 0.25) is 5.91 Å². The zero-order valence-corrected chi connectivity index (χ0v) is 14.8. The minimum atomic E-state index is -0.264. The number of aromatic nitrogens is 1. The van der Waals surface area contributed by atoms with Gasteiger partial charge < -0.3 is 10.6 Å². The zero-order chi connectivity index (χ0) is 17.6. The summed E-state index contributed by atoms with van der Waals surface area (Å²) in [4.78, 5) is 32.2. The van der Waals surface area contributed by atoms with Gasteiger partial charge >= 0.3 is 0 Å². The Kier molecular flexibility index (Phi) is 3.92. The number of nitrogens with two attached hydrogens (primary N) is 1. The second-order valence-corrected chi connectivity index (χ2v) is 7.69. The number of amides is 2. The quantitative estimate of drug-likeness (QED) is 0.769. The van der Waals surface area contributed by atoms with Gasteiger partial charge in [-0.3, -0.25) is 9.59 Å². The monoisotopic (exact) mass is 353 g/mol. The highest BCUT2D eigenvalue weighted by molar-refractivity contribution is 7.20. The smallest absolute Gasteiger partial charge is 0.264 e. The lowest BCUT2D eigenvalue weighted by Crippen LogP contribution is -2.41. The number of nitrogens with zero attached hydrogens (tertiary/aromatic N) is 2. The maximum absolute atomic E-state index is 12.8. The largest absolute Gasteiger partial charge is 0.369 e. The molecule has 3 aromatic rings. The normalized spacial score (nSPS) is 15.8. The molecule has 0 unspecified atom stereocenters. The van der Waals surface area contributed by atoms with E-state index in [1.165, 1.54) is 16.9 Å². The Labute approximate surface area is 149 Å². The number of piperidine rings is 1. The summed E-state index contributed by atoms with van der Waals surface area (Å²) >= 11 is 1.43. The van der Waals surface area contributed by atoms with E-state index in [2.05, 4.69) is 24.3 Å². The molecule has 3 heterocycles. The number of hydrogen-bond donors (Lipinski definition) is 1. The summed E-state index contributed by atoms with van der Waals surface area (Å²) in [5.41, 5.74) is 7.49. The van der Waals surface area contributed by atoms with Crippen LogP contribution in [0.15, 0.2) is 30.3 Å². The molecule has 0 saturated carbocycles. The molecule has 1 fully saturated rings. The molecule has 6 heteroatoms. The molecule has 2 N–H and O–H groups in total. The molecule has 1 aromatic carbocycles. The van der Waals surface area contributed by atoms with Crippen LogP contribution in [0.4, 0.5) is 0 Å². The first-order chi connectivity index (χ1) is 12.0. The van der Waals surface area contributed by atoms with Crippen LogP contribution in [-0.2, 0) is 4.79 Å². The fourth-order valence-corrected chi connectivity index (χ4v) is 4.35. The molecule has 128 valence electrons. The van der Waals surface area contributed by atoms with Gasteiger partial charge in [-0.15, -0.1) is 11.3 Å². The number of primary amides is 1. The van der Waals surface area contributed by atoms with Crippen LogP contribution in [0.25, 0.3) is 21.1 Å². The van der Waals surface area contributed by atoms with Crippen molar-refractivity contribution in [3.05, 3.63) is 40.8 Å². The lowest BCUT2D eigenvalue weighted by atomic mass is 9.96. The van der Waals surface area contributed by atoms with Gasteiger partial charge in [-0.05, 0) is 43.5 Å². The topological polar surface area (TPSA) is 76.3 Å². The van der Waals surface area contributed by atoms with Crippen LogP contribution >= 0.6 is 11.3 Å². The highest BCUT2D eigenvalue weighted by Gasteiger charge is 2.27. The average molecular weight is 353 g/mol. The number of rotatable bonds is 2. The summed E-state index contributed by atoms with van der Waals surface area (Å²) in [6.45, 7) is 3.20. The Balaban J connectivity index is 1.62. The van der Waals surface area contributed by atoms with Gasteiger partial charge in [0.15, 0.2) is 0 Å². The van der Waals surface area contributed by atoms with Crippen molar-refractivity contribution < 1.29 is 9.59 Å². The fourth-order valence-electron chi connectivity index (χ4n) is 3.36. The van der Waals surface area contributed by atoms with E-state index >= 15 is 0 Å². The van der Waals surface area contributed by atoms with E-state index in [0.29, 0.717) is 30.8 Å². The van der Waals surface area contributed by atoms with Crippen LogP contribution in [0.5, 0.6) is 0 Å². The minimum Gasteiger partial charge on any atom is -0.369 e. The molecule has 25 heavy (non-hydrogen) atoms. The van der Waals surface area contributed by atoms with Gasteiger partial charge in [0.1, 0.15) is 4.83 Å². The fraction of sp³-hybridized carbons (Fsp3) is 0.316. The van der Waals surface area contributed by atoms with Crippen LogP contribution in [0.3, 0.4) is 0 Å². The maximum atomic E-state index is 12.8. The summed E-state index contributed by atoms with van der Waals surface area (Å²) < 4.78 is 0. The Morgan fingerprint density at radius 1 is 1.16 bits per heavy atom. The van der Waals surface area contributed by atoms with Crippen molar-refractivity contribution in [2.24, 2.45) is 11.7 Å². The molecule has 1 aliphatic rings. The standard InChI is InChI=1S/C19H19N3O2S/c1-11-2-3-13-9-14-10-16(25-18(14)21-15(13)8-11)19(24)22-6-4-12(5-7-22)17(20)23/h2-3,8-10,12H,4-7H2,1H3,(H2,20,23). The molecule has 0 spiro atoms. The number of hydrogen-bond acceptors (Lipinski definition) is 4. The number of benzene rings is 1. The molecule has 5 nitrogen and oxygen atoms in total. The molecule has 0 radical (unpaired) electrons. The second kappa shape index (κ2) is 6.11. The third kappa shape index (κ3) is 2.98. The number of fused-ring (bicyclic) bond motifs is 2. The molecule has 4 rings (SSSR count). The predicted octanol–water partition coefficient (Wildman–Crippen LogP) is 3.10. The van der Waals surface area contributed by atoms with Crippen LogP contribution < -0.4 is 5.73 Å². The second-order valence-electron chi connectivity index (χ2n) is 6.66. The third-order valence-corrected chi connectivity index (χ3v) is 5.89. The summed E-state index contributed by atoms with van der Waals surface area (Å²) in [5.74, 6) is -0.354. The molecule has 2 aromatic heterocycles. The van der Waals surface area contributed by atoms with E-state index in [1.54, 1.807) is 0 Å². The first-order valence-electron chi connectivity index (χ1n) is 8.41. The van der Waals surface area contributed by atoms with Crippen molar-refractivity contribution in [3.8, 4) is 0 Å². The molecular weight excluding hydrogens is 334 g/mol. The van der Waals surface area contributed by atoms with Gasteiger partial charge in [0, 0.05) is 29.8 Å². The summed E-state index contributed by atoms with van der Waals surface area (Å²) in [5, 5.41) is 2.08. The van der Waals surface area contributed by atoms with Gasteiger partial charge in [-0.2, -0.15) is 0 Å². The number of likely N-dealkylation sites (tertiary alicyclic amines) is 1. The van der Waals surface area contributed by atoms with Crippen molar-refractivity contribution in [1.29, 1.82) is 0 Å². The number of aryl methyl sites for hydroxylation is 1. The number of carbonyl (C=O) groups excluding carboxylic acids is 2. The molecule has 1 aliphatic heterocycles. The summed E-state index contributed by atoms with van der Waals surface area (Å²) in [6.07, 6.45) is 1.29. The van der Waals surface area contributed by atoms with Gasteiger partial charge in [-0.25, -0.2) is 4.98 Å². The van der Waals surface area contributed by atoms with Crippen LogP contribution in [0, 0.1) is 12.8 Å². The van der Waals surface area contributed by atoms with Crippen molar-refractivity contribution in [2.75, 3.05) is 13.1 Å². The zero-order valence-electron chi connectivity index (χ0n) is 14.0. The summed E-state index contributed by atoms with van der Waals surface area (Å²) in [6, 6.07) is 10.2. The SMILES string of the molecule is Cc1ccc2cc3cc(C(=O)N4CCC(C(N)=O)CC4)sc3nc2c1. The molecule has 0 atom stereocenters. The van der Waals surface area contributed by atoms with Gasteiger partial charge in [0.05, 0.1) is 10.4 Å². The van der Waals surface area contributed by atoms with Crippen molar-refractivity contribution in [3.63, 3.8) is 0 Å². The molecule has 1 saturated heterocycles. The van der Waals surface area contributed by atoms with Gasteiger partial charge in [-0.1, -0.05) is 12.1 Å². The van der Waals surface area contributed by atoms with Crippen molar-refractivity contribution in [1.82, 2.24) is 9.88 Å². The van der Waals surface area contributed by atoms with E-state index in [-0.39, 0.29) is 17.7 Å². The number of pyridine rings is 1. The highest BCUT2D eigenvalue weighted by Crippen LogP contribution is 2.29. The summed E-state index contributed by atoms with van der Waals surface area (Å²) in [7, 11) is 0. The first kappa shape index (κ1) is 16.0.